The summed E-state index contributed by atoms with van der Waals surface area (Å²) in [4.78, 5) is 2.24. The lowest BCUT2D eigenvalue weighted by molar-refractivity contribution is 0.680. The van der Waals surface area contributed by atoms with Gasteiger partial charge in [0.2, 0.25) is 0 Å². The summed E-state index contributed by atoms with van der Waals surface area (Å²) < 4.78 is 0. The van der Waals surface area contributed by atoms with Crippen molar-refractivity contribution in [2.45, 2.75) is 19.4 Å². The Hall–Kier alpha value is -1.80. The van der Waals surface area contributed by atoms with E-state index in [1.165, 1.54) is 16.8 Å². The fourth-order valence-electron chi connectivity index (χ4n) is 2.34. The van der Waals surface area contributed by atoms with Gasteiger partial charge in [-0.3, -0.25) is 0 Å². The van der Waals surface area contributed by atoms with Crippen LogP contribution in [0.4, 0.5) is 5.69 Å². The Morgan fingerprint density at radius 2 is 1.63 bits per heavy atom. The molecule has 2 heteroatoms. The Bertz CT molecular complexity index is 490. The van der Waals surface area contributed by atoms with Crippen LogP contribution in [0.2, 0.25) is 0 Å². The van der Waals surface area contributed by atoms with Crippen LogP contribution in [0.3, 0.4) is 0 Å². The third kappa shape index (κ3) is 3.15. The molecule has 2 aromatic carbocycles. The van der Waals surface area contributed by atoms with Crippen molar-refractivity contribution >= 4 is 5.69 Å². The zero-order valence-corrected chi connectivity index (χ0v) is 11.7. The average Bonchev–Trinajstić information content (AvgIpc) is 2.49. The first-order valence-electron chi connectivity index (χ1n) is 6.83. The quantitative estimate of drug-likeness (QED) is 0.886. The summed E-state index contributed by atoms with van der Waals surface area (Å²) in [5.41, 5.74) is 9.78. The maximum atomic E-state index is 5.96. The molecular weight excluding hydrogens is 232 g/mol. The summed E-state index contributed by atoms with van der Waals surface area (Å²) >= 11 is 0. The number of rotatable bonds is 5. The zero-order valence-electron chi connectivity index (χ0n) is 11.7. The normalized spacial score (nSPS) is 12.2. The van der Waals surface area contributed by atoms with Crippen LogP contribution >= 0.6 is 0 Å². The van der Waals surface area contributed by atoms with E-state index in [9.17, 15) is 0 Å². The minimum Gasteiger partial charge on any atom is -0.366 e. The lowest BCUT2D eigenvalue weighted by atomic mass is 10.0. The molecule has 0 heterocycles. The molecule has 0 aliphatic carbocycles. The number of nitrogens with two attached hydrogens (primary N) is 1. The summed E-state index contributed by atoms with van der Waals surface area (Å²) in [5, 5.41) is 0. The molecule has 2 nitrogen and oxygen atoms in total. The fraction of sp³-hybridized carbons (Fsp3) is 0.294. The van der Waals surface area contributed by atoms with E-state index in [1.807, 2.05) is 6.07 Å². The summed E-state index contributed by atoms with van der Waals surface area (Å²) in [5.74, 6) is 0. The Morgan fingerprint density at radius 3 is 2.16 bits per heavy atom. The Morgan fingerprint density at radius 1 is 1.00 bits per heavy atom. The zero-order chi connectivity index (χ0) is 13.7. The van der Waals surface area contributed by atoms with Gasteiger partial charge >= 0.3 is 0 Å². The molecule has 0 aliphatic rings. The molecule has 1 atom stereocenters. The van der Waals surface area contributed by atoms with Gasteiger partial charge in [-0.1, -0.05) is 49.4 Å². The van der Waals surface area contributed by atoms with Crippen molar-refractivity contribution in [3.63, 3.8) is 0 Å². The Balaban J connectivity index is 2.22. The van der Waals surface area contributed by atoms with Crippen molar-refractivity contribution in [1.29, 1.82) is 0 Å². The molecule has 2 aromatic rings. The molecular formula is C17H22N2. The predicted octanol–water partition coefficient (Wildman–Crippen LogP) is 3.39. The maximum absolute atomic E-state index is 5.96. The number of nitrogens with zero attached hydrogens (tertiary/aromatic N) is 1. The van der Waals surface area contributed by atoms with E-state index in [2.05, 4.69) is 67.4 Å². The lowest BCUT2D eigenvalue weighted by Crippen LogP contribution is -2.30. The highest BCUT2D eigenvalue weighted by Crippen LogP contribution is 2.25. The standard InChI is InChI=1S/C17H22N2/c1-3-14-9-11-16(12-10-14)19(2)17(13-18)15-7-5-4-6-8-15/h4-12,17H,3,13,18H2,1-2H3. The third-order valence-electron chi connectivity index (χ3n) is 3.63. The van der Waals surface area contributed by atoms with Gasteiger partial charge in [-0.15, -0.1) is 0 Å². The van der Waals surface area contributed by atoms with Crippen molar-refractivity contribution < 1.29 is 0 Å². The third-order valence-corrected chi connectivity index (χ3v) is 3.63. The molecule has 100 valence electrons. The van der Waals surface area contributed by atoms with E-state index in [4.69, 9.17) is 5.73 Å². The molecule has 0 fully saturated rings. The van der Waals surface area contributed by atoms with Crippen LogP contribution in [0.15, 0.2) is 54.6 Å². The fourth-order valence-corrected chi connectivity index (χ4v) is 2.34. The maximum Gasteiger partial charge on any atom is 0.0661 e. The molecule has 19 heavy (non-hydrogen) atoms. The molecule has 0 amide bonds. The van der Waals surface area contributed by atoms with Crippen LogP contribution < -0.4 is 10.6 Å². The molecule has 0 bridgehead atoms. The smallest absolute Gasteiger partial charge is 0.0661 e. The highest BCUT2D eigenvalue weighted by molar-refractivity contribution is 5.49. The van der Waals surface area contributed by atoms with E-state index in [1.54, 1.807) is 0 Å². The van der Waals surface area contributed by atoms with Crippen molar-refractivity contribution in [2.75, 3.05) is 18.5 Å². The molecule has 0 saturated carbocycles. The molecule has 2 rings (SSSR count). The number of aryl methyl sites for hydroxylation is 1. The number of hydrogen-bond donors (Lipinski definition) is 1. The molecule has 0 aromatic heterocycles. The van der Waals surface area contributed by atoms with Crippen LogP contribution in [-0.4, -0.2) is 13.6 Å². The molecule has 0 saturated heterocycles. The van der Waals surface area contributed by atoms with Gasteiger partial charge in [-0.05, 0) is 29.7 Å². The van der Waals surface area contributed by atoms with Gasteiger partial charge < -0.3 is 10.6 Å². The van der Waals surface area contributed by atoms with Crippen molar-refractivity contribution in [1.82, 2.24) is 0 Å². The van der Waals surface area contributed by atoms with Crippen LogP contribution in [0.1, 0.15) is 24.1 Å². The number of anilines is 1. The Labute approximate surface area is 115 Å². The van der Waals surface area contributed by atoms with Crippen LogP contribution in [0.5, 0.6) is 0 Å². The first kappa shape index (κ1) is 13.6. The second-order valence-electron chi connectivity index (χ2n) is 4.79. The summed E-state index contributed by atoms with van der Waals surface area (Å²) in [7, 11) is 2.10. The van der Waals surface area contributed by atoms with E-state index in [0.29, 0.717) is 6.54 Å². The number of hydrogen-bond acceptors (Lipinski definition) is 2. The molecule has 2 N–H and O–H groups in total. The van der Waals surface area contributed by atoms with Crippen LogP contribution in [0.25, 0.3) is 0 Å². The van der Waals surface area contributed by atoms with E-state index in [0.717, 1.165) is 6.42 Å². The topological polar surface area (TPSA) is 29.3 Å². The summed E-state index contributed by atoms with van der Waals surface area (Å²) in [6.07, 6.45) is 1.07. The summed E-state index contributed by atoms with van der Waals surface area (Å²) in [6.45, 7) is 2.78. The highest BCUT2D eigenvalue weighted by atomic mass is 15.1. The second-order valence-corrected chi connectivity index (χ2v) is 4.79. The van der Waals surface area contributed by atoms with Gasteiger partial charge in [-0.25, -0.2) is 0 Å². The molecule has 0 spiro atoms. The monoisotopic (exact) mass is 254 g/mol. The second kappa shape index (κ2) is 6.39. The molecule has 0 aliphatic heterocycles. The minimum absolute atomic E-state index is 0.216. The first-order chi connectivity index (χ1) is 9.26. The van der Waals surface area contributed by atoms with Gasteiger partial charge in [0.1, 0.15) is 0 Å². The first-order valence-corrected chi connectivity index (χ1v) is 6.83. The van der Waals surface area contributed by atoms with Crippen molar-refractivity contribution in [3.05, 3.63) is 65.7 Å². The lowest BCUT2D eigenvalue weighted by Gasteiger charge is -2.29. The van der Waals surface area contributed by atoms with Gasteiger partial charge in [0, 0.05) is 19.3 Å². The van der Waals surface area contributed by atoms with E-state index >= 15 is 0 Å². The van der Waals surface area contributed by atoms with Crippen LogP contribution in [0, 0.1) is 0 Å². The largest absolute Gasteiger partial charge is 0.366 e. The Kier molecular flexibility index (Phi) is 4.58. The predicted molar refractivity (Wildman–Crippen MR) is 82.5 cm³/mol. The van der Waals surface area contributed by atoms with E-state index in [-0.39, 0.29) is 6.04 Å². The van der Waals surface area contributed by atoms with Gasteiger partial charge in [0.25, 0.3) is 0 Å². The van der Waals surface area contributed by atoms with Crippen molar-refractivity contribution in [2.24, 2.45) is 5.73 Å². The molecule has 1 unspecified atom stereocenters. The van der Waals surface area contributed by atoms with Crippen LogP contribution in [-0.2, 0) is 6.42 Å². The average molecular weight is 254 g/mol. The highest BCUT2D eigenvalue weighted by Gasteiger charge is 2.15. The van der Waals surface area contributed by atoms with Gasteiger partial charge in [-0.2, -0.15) is 0 Å². The van der Waals surface area contributed by atoms with E-state index < -0.39 is 0 Å². The summed E-state index contributed by atoms with van der Waals surface area (Å²) in [6, 6.07) is 19.4. The SMILES string of the molecule is CCc1ccc(N(C)C(CN)c2ccccc2)cc1. The van der Waals surface area contributed by atoms with Gasteiger partial charge in [0.15, 0.2) is 0 Å². The number of likely N-dealkylation sites (N-methyl/N-ethyl adjacent to an activating group) is 1. The number of benzene rings is 2. The van der Waals surface area contributed by atoms with Crippen molar-refractivity contribution in [3.8, 4) is 0 Å². The molecule has 0 radical (unpaired) electrons. The minimum atomic E-state index is 0.216. The van der Waals surface area contributed by atoms with Gasteiger partial charge in [0.05, 0.1) is 6.04 Å².